The lowest BCUT2D eigenvalue weighted by atomic mass is 10.1. The summed E-state index contributed by atoms with van der Waals surface area (Å²) >= 11 is 0. The first kappa shape index (κ1) is 11.0. The molecule has 0 atom stereocenters. The van der Waals surface area contributed by atoms with Gasteiger partial charge in [-0.2, -0.15) is 13.2 Å². The van der Waals surface area contributed by atoms with Crippen molar-refractivity contribution in [3.05, 3.63) is 35.5 Å². The van der Waals surface area contributed by atoms with Crippen LogP contribution < -0.4 is 5.32 Å². The van der Waals surface area contributed by atoms with Gasteiger partial charge in [0, 0.05) is 17.6 Å². The van der Waals surface area contributed by atoms with Gasteiger partial charge in [-0.25, -0.2) is 0 Å². The summed E-state index contributed by atoms with van der Waals surface area (Å²) in [4.78, 5) is 2.79. The number of hydrogen-bond acceptors (Lipinski definition) is 1. The number of fused-ring (bicyclic) bond motifs is 1. The lowest BCUT2D eigenvalue weighted by Crippen LogP contribution is -2.06. The highest BCUT2D eigenvalue weighted by molar-refractivity contribution is 5.84. The number of H-pyrrole nitrogens is 1. The molecule has 2 N–H and O–H groups in total. The monoisotopic (exact) mass is 228 g/mol. The third kappa shape index (κ3) is 1.90. The van der Waals surface area contributed by atoms with Gasteiger partial charge >= 0.3 is 6.18 Å². The van der Waals surface area contributed by atoms with Crippen LogP contribution in [-0.4, -0.2) is 12.0 Å². The van der Waals surface area contributed by atoms with Crippen molar-refractivity contribution in [3.8, 4) is 0 Å². The van der Waals surface area contributed by atoms with Crippen molar-refractivity contribution in [2.75, 3.05) is 7.05 Å². The molecule has 0 aliphatic rings. The molecule has 2 nitrogen and oxygen atoms in total. The summed E-state index contributed by atoms with van der Waals surface area (Å²) in [6.07, 6.45) is -4.32. The molecule has 5 heteroatoms. The Balaban J connectivity index is 2.59. The molecule has 0 bridgehead atoms. The smallest absolute Gasteiger partial charge is 0.357 e. The molecule has 1 heterocycles. The first-order valence-electron chi connectivity index (χ1n) is 4.85. The highest BCUT2D eigenvalue weighted by Gasteiger charge is 2.32. The summed E-state index contributed by atoms with van der Waals surface area (Å²) in [5, 5.41) is 3.47. The van der Waals surface area contributed by atoms with Crippen LogP contribution >= 0.6 is 0 Å². The highest BCUT2D eigenvalue weighted by Crippen LogP contribution is 2.34. The molecule has 86 valence electrons. The van der Waals surface area contributed by atoms with Crippen LogP contribution in [0.25, 0.3) is 10.9 Å². The van der Waals surface area contributed by atoms with E-state index in [4.69, 9.17) is 0 Å². The summed E-state index contributed by atoms with van der Waals surface area (Å²) in [5.41, 5.74) is 0.279. The van der Waals surface area contributed by atoms with E-state index < -0.39 is 11.7 Å². The van der Waals surface area contributed by atoms with Crippen LogP contribution in [0.15, 0.2) is 24.3 Å². The predicted octanol–water partition coefficient (Wildman–Crippen LogP) is 2.91. The minimum atomic E-state index is -4.32. The summed E-state index contributed by atoms with van der Waals surface area (Å²) in [5.74, 6) is 0. The molecule has 0 fully saturated rings. The van der Waals surface area contributed by atoms with Gasteiger partial charge in [-0.3, -0.25) is 0 Å². The lowest BCUT2D eigenvalue weighted by Gasteiger charge is -2.07. The molecule has 0 aliphatic heterocycles. The maximum absolute atomic E-state index is 12.7. The van der Waals surface area contributed by atoms with E-state index in [0.29, 0.717) is 11.9 Å². The Morgan fingerprint density at radius 1 is 1.31 bits per heavy atom. The molecule has 1 aromatic heterocycles. The number of hydrogen-bond donors (Lipinski definition) is 2. The van der Waals surface area contributed by atoms with Gasteiger partial charge < -0.3 is 10.3 Å². The minimum absolute atomic E-state index is 0.153. The Hall–Kier alpha value is -1.49. The van der Waals surface area contributed by atoms with Gasteiger partial charge in [-0.15, -0.1) is 0 Å². The van der Waals surface area contributed by atoms with Crippen molar-refractivity contribution in [1.82, 2.24) is 10.3 Å². The quantitative estimate of drug-likeness (QED) is 0.812. The third-order valence-corrected chi connectivity index (χ3v) is 2.38. The molecule has 0 spiro atoms. The topological polar surface area (TPSA) is 27.8 Å². The molecule has 0 unspecified atom stereocenters. The van der Waals surface area contributed by atoms with Crippen LogP contribution in [0.4, 0.5) is 13.2 Å². The fraction of sp³-hybridized carbons (Fsp3) is 0.273. The second-order valence-corrected chi connectivity index (χ2v) is 3.59. The second-order valence-electron chi connectivity index (χ2n) is 3.59. The van der Waals surface area contributed by atoms with E-state index >= 15 is 0 Å². The van der Waals surface area contributed by atoms with Crippen molar-refractivity contribution >= 4 is 10.9 Å². The third-order valence-electron chi connectivity index (χ3n) is 2.38. The van der Waals surface area contributed by atoms with Crippen LogP contribution in [0, 0.1) is 0 Å². The SMILES string of the molecule is CNCc1cc2cccc(C(F)(F)F)c2[nH]1. The van der Waals surface area contributed by atoms with Crippen molar-refractivity contribution in [2.45, 2.75) is 12.7 Å². The number of para-hydroxylation sites is 1. The first-order valence-corrected chi connectivity index (χ1v) is 4.85. The predicted molar refractivity (Wildman–Crippen MR) is 56.1 cm³/mol. The number of aromatic amines is 1. The maximum atomic E-state index is 12.7. The number of benzene rings is 1. The standard InChI is InChI=1S/C11H11F3N2/c1-15-6-8-5-7-3-2-4-9(10(7)16-8)11(12,13)14/h2-5,15-16H,6H2,1H3. The molecule has 2 rings (SSSR count). The van der Waals surface area contributed by atoms with E-state index in [2.05, 4.69) is 10.3 Å². The number of alkyl halides is 3. The fourth-order valence-corrected chi connectivity index (χ4v) is 1.74. The van der Waals surface area contributed by atoms with E-state index in [1.165, 1.54) is 6.07 Å². The fourth-order valence-electron chi connectivity index (χ4n) is 1.74. The van der Waals surface area contributed by atoms with Crippen LogP contribution in [0.3, 0.4) is 0 Å². The van der Waals surface area contributed by atoms with E-state index in [1.54, 1.807) is 19.2 Å². The summed E-state index contributed by atoms with van der Waals surface area (Å²) < 4.78 is 38.0. The van der Waals surface area contributed by atoms with E-state index in [9.17, 15) is 13.2 Å². The van der Waals surface area contributed by atoms with Gasteiger partial charge in [-0.05, 0) is 19.2 Å². The molecule has 0 saturated heterocycles. The van der Waals surface area contributed by atoms with Crippen LogP contribution in [0.5, 0.6) is 0 Å². The Morgan fingerprint density at radius 3 is 2.69 bits per heavy atom. The van der Waals surface area contributed by atoms with Crippen molar-refractivity contribution in [1.29, 1.82) is 0 Å². The largest absolute Gasteiger partial charge is 0.418 e. The van der Waals surface area contributed by atoms with E-state index in [1.807, 2.05) is 0 Å². The highest BCUT2D eigenvalue weighted by atomic mass is 19.4. The molecule has 0 saturated carbocycles. The normalized spacial score (nSPS) is 12.2. The first-order chi connectivity index (χ1) is 7.52. The molecule has 0 aliphatic carbocycles. The number of halogens is 3. The van der Waals surface area contributed by atoms with Crippen LogP contribution in [0.1, 0.15) is 11.3 Å². The Labute approximate surface area is 90.5 Å². The Morgan fingerprint density at radius 2 is 2.06 bits per heavy atom. The average molecular weight is 228 g/mol. The molecular formula is C11H11F3N2. The van der Waals surface area contributed by atoms with E-state index in [0.717, 1.165) is 11.8 Å². The summed E-state index contributed by atoms with van der Waals surface area (Å²) in [6.45, 7) is 0.520. The van der Waals surface area contributed by atoms with Crippen LogP contribution in [-0.2, 0) is 12.7 Å². The maximum Gasteiger partial charge on any atom is 0.418 e. The molecule has 0 amide bonds. The molecule has 1 aromatic carbocycles. The number of aromatic nitrogens is 1. The Kier molecular flexibility index (Phi) is 2.63. The van der Waals surface area contributed by atoms with Crippen molar-refractivity contribution in [2.24, 2.45) is 0 Å². The van der Waals surface area contributed by atoms with Gasteiger partial charge in [0.1, 0.15) is 0 Å². The van der Waals surface area contributed by atoms with Crippen molar-refractivity contribution < 1.29 is 13.2 Å². The zero-order valence-electron chi connectivity index (χ0n) is 8.65. The van der Waals surface area contributed by atoms with Crippen molar-refractivity contribution in [3.63, 3.8) is 0 Å². The minimum Gasteiger partial charge on any atom is -0.357 e. The molecular weight excluding hydrogens is 217 g/mol. The lowest BCUT2D eigenvalue weighted by molar-refractivity contribution is -0.136. The van der Waals surface area contributed by atoms with Gasteiger partial charge in [0.15, 0.2) is 0 Å². The zero-order chi connectivity index (χ0) is 11.8. The second kappa shape index (κ2) is 3.83. The van der Waals surface area contributed by atoms with Gasteiger partial charge in [-0.1, -0.05) is 12.1 Å². The average Bonchev–Trinajstić information content (AvgIpc) is 2.58. The summed E-state index contributed by atoms with van der Waals surface area (Å²) in [7, 11) is 1.75. The molecule has 16 heavy (non-hydrogen) atoms. The molecule has 2 aromatic rings. The number of nitrogens with one attached hydrogen (secondary N) is 2. The zero-order valence-corrected chi connectivity index (χ0v) is 8.65. The Bertz CT molecular complexity index is 499. The van der Waals surface area contributed by atoms with Gasteiger partial charge in [0.25, 0.3) is 0 Å². The number of rotatable bonds is 2. The molecule has 0 radical (unpaired) electrons. The van der Waals surface area contributed by atoms with Gasteiger partial charge in [0.05, 0.1) is 11.1 Å². The summed E-state index contributed by atoms with van der Waals surface area (Å²) in [6, 6.07) is 5.89. The van der Waals surface area contributed by atoms with Gasteiger partial charge in [0.2, 0.25) is 0 Å². The van der Waals surface area contributed by atoms with Crippen LogP contribution in [0.2, 0.25) is 0 Å². The van der Waals surface area contributed by atoms with E-state index in [-0.39, 0.29) is 5.52 Å².